The van der Waals surface area contributed by atoms with Gasteiger partial charge in [-0.1, -0.05) is 0 Å². The minimum absolute atomic E-state index is 0.391. The van der Waals surface area contributed by atoms with Gasteiger partial charge in [0.15, 0.2) is 6.10 Å². The van der Waals surface area contributed by atoms with E-state index >= 15 is 0 Å². The second-order valence-corrected chi connectivity index (χ2v) is 6.27. The number of rotatable bonds is 7. The van der Waals surface area contributed by atoms with Crippen LogP contribution in [0, 0.1) is 6.92 Å². The van der Waals surface area contributed by atoms with Crippen molar-refractivity contribution in [3.8, 4) is 5.75 Å². The number of carbonyl (C=O) groups excluding carboxylic acids is 2. The highest BCUT2D eigenvalue weighted by atomic mass is 32.1. The topological polar surface area (TPSA) is 64.6 Å². The third-order valence-electron chi connectivity index (χ3n) is 3.37. The zero-order chi connectivity index (χ0) is 18.2. The predicted molar refractivity (Wildman–Crippen MR) is 99.9 cm³/mol. The van der Waals surface area contributed by atoms with Crippen LogP contribution >= 0.6 is 11.3 Å². The number of amides is 1. The lowest BCUT2D eigenvalue weighted by Gasteiger charge is -2.12. The van der Waals surface area contributed by atoms with E-state index in [2.05, 4.69) is 5.32 Å². The Balaban J connectivity index is 1.86. The summed E-state index contributed by atoms with van der Waals surface area (Å²) in [6.07, 6.45) is 2.13. The number of anilines is 1. The van der Waals surface area contributed by atoms with E-state index in [9.17, 15) is 9.59 Å². The minimum atomic E-state index is -0.895. The number of hydrogen-bond acceptors (Lipinski definition) is 5. The molecule has 5 nitrogen and oxygen atoms in total. The minimum Gasteiger partial charge on any atom is -0.494 e. The molecule has 1 heterocycles. The molecular formula is C19H21NO4S. The molecule has 0 radical (unpaired) electrons. The van der Waals surface area contributed by atoms with Gasteiger partial charge in [-0.25, -0.2) is 4.79 Å². The van der Waals surface area contributed by atoms with Gasteiger partial charge in [-0.05, 0) is 68.1 Å². The maximum atomic E-state index is 12.1. The van der Waals surface area contributed by atoms with Crippen molar-refractivity contribution in [3.05, 3.63) is 52.2 Å². The number of thiophene rings is 1. The number of ether oxygens (including phenoxy) is 2. The van der Waals surface area contributed by atoms with Crippen LogP contribution in [-0.4, -0.2) is 24.6 Å². The average Bonchev–Trinajstić information content (AvgIpc) is 3.00. The third kappa shape index (κ3) is 5.76. The van der Waals surface area contributed by atoms with E-state index in [1.54, 1.807) is 30.3 Å². The Hall–Kier alpha value is -2.60. The van der Waals surface area contributed by atoms with Crippen LogP contribution in [0.1, 0.15) is 24.3 Å². The molecule has 0 aliphatic heterocycles. The van der Waals surface area contributed by atoms with Gasteiger partial charge in [0.25, 0.3) is 5.91 Å². The summed E-state index contributed by atoms with van der Waals surface area (Å²) in [7, 11) is 0. The normalized spacial score (nSPS) is 12.0. The fourth-order valence-electron chi connectivity index (χ4n) is 2.01. The van der Waals surface area contributed by atoms with Gasteiger partial charge in [-0.3, -0.25) is 4.79 Å². The smallest absolute Gasteiger partial charge is 0.331 e. The molecule has 1 N–H and O–H groups in total. The fourth-order valence-corrected chi connectivity index (χ4v) is 2.83. The van der Waals surface area contributed by atoms with Gasteiger partial charge < -0.3 is 14.8 Å². The average molecular weight is 359 g/mol. The van der Waals surface area contributed by atoms with E-state index < -0.39 is 18.0 Å². The Morgan fingerprint density at radius 3 is 2.56 bits per heavy atom. The molecule has 1 amide bonds. The lowest BCUT2D eigenvalue weighted by atomic mass is 10.2. The first kappa shape index (κ1) is 18.7. The molecule has 1 atom stereocenters. The third-order valence-corrected chi connectivity index (χ3v) is 4.35. The van der Waals surface area contributed by atoms with Crippen molar-refractivity contribution in [2.75, 3.05) is 11.9 Å². The highest BCUT2D eigenvalue weighted by Gasteiger charge is 2.16. The summed E-state index contributed by atoms with van der Waals surface area (Å²) in [5.74, 6) is -0.214. The van der Waals surface area contributed by atoms with Crippen LogP contribution in [-0.2, 0) is 14.3 Å². The summed E-state index contributed by atoms with van der Waals surface area (Å²) in [6.45, 7) is 5.98. The molecule has 25 heavy (non-hydrogen) atoms. The standard InChI is InChI=1S/C19H21NO4S/c1-4-23-16-7-5-15(6-8-16)20-19(22)14(3)24-18(21)10-9-17-13(2)11-12-25-17/h5-12,14H,4H2,1-3H3,(H,20,22)/b10-9+/t14-/m1/s1. The molecule has 0 bridgehead atoms. The monoisotopic (exact) mass is 359 g/mol. The van der Waals surface area contributed by atoms with Gasteiger partial charge in [-0.2, -0.15) is 0 Å². The van der Waals surface area contributed by atoms with Gasteiger partial charge in [0.1, 0.15) is 5.75 Å². The maximum Gasteiger partial charge on any atom is 0.331 e. The SMILES string of the molecule is CCOc1ccc(NC(=O)[C@@H](C)OC(=O)/C=C/c2sccc2C)cc1. The first-order valence-corrected chi connectivity index (χ1v) is 8.84. The zero-order valence-corrected chi connectivity index (χ0v) is 15.3. The summed E-state index contributed by atoms with van der Waals surface area (Å²) in [5.41, 5.74) is 1.71. The van der Waals surface area contributed by atoms with Crippen LogP contribution in [0.15, 0.2) is 41.8 Å². The van der Waals surface area contributed by atoms with Crippen LogP contribution in [0.2, 0.25) is 0 Å². The summed E-state index contributed by atoms with van der Waals surface area (Å²) < 4.78 is 10.5. The Bertz CT molecular complexity index is 749. The molecule has 1 aromatic carbocycles. The van der Waals surface area contributed by atoms with E-state index in [0.29, 0.717) is 12.3 Å². The molecule has 0 saturated carbocycles. The lowest BCUT2D eigenvalue weighted by molar-refractivity contribution is -0.148. The van der Waals surface area contributed by atoms with E-state index in [-0.39, 0.29) is 0 Å². The number of aryl methyl sites for hydroxylation is 1. The van der Waals surface area contributed by atoms with E-state index in [0.717, 1.165) is 16.2 Å². The second kappa shape index (κ2) is 9.03. The van der Waals surface area contributed by atoms with E-state index in [1.165, 1.54) is 24.3 Å². The van der Waals surface area contributed by atoms with Crippen LogP contribution in [0.25, 0.3) is 6.08 Å². The number of esters is 1. The van der Waals surface area contributed by atoms with Crippen LogP contribution < -0.4 is 10.1 Å². The molecule has 6 heteroatoms. The summed E-state index contributed by atoms with van der Waals surface area (Å²) in [6, 6.07) is 8.97. The Kier molecular flexibility index (Phi) is 6.77. The van der Waals surface area contributed by atoms with Crippen LogP contribution in [0.5, 0.6) is 5.75 Å². The Morgan fingerprint density at radius 2 is 1.96 bits per heavy atom. The van der Waals surface area contributed by atoms with Gasteiger partial charge in [0.2, 0.25) is 0 Å². The predicted octanol–water partition coefficient (Wildman–Crippen LogP) is 4.04. The molecule has 2 aromatic rings. The Morgan fingerprint density at radius 1 is 1.24 bits per heavy atom. The number of carbonyl (C=O) groups is 2. The largest absolute Gasteiger partial charge is 0.494 e. The number of benzene rings is 1. The van der Waals surface area contributed by atoms with Crippen molar-refractivity contribution in [2.24, 2.45) is 0 Å². The fraction of sp³-hybridized carbons (Fsp3) is 0.263. The van der Waals surface area contributed by atoms with Crippen molar-refractivity contribution in [1.29, 1.82) is 0 Å². The van der Waals surface area contributed by atoms with Crippen molar-refractivity contribution < 1.29 is 19.1 Å². The molecule has 0 saturated heterocycles. The molecule has 0 fully saturated rings. The first-order valence-electron chi connectivity index (χ1n) is 7.96. The van der Waals surface area contributed by atoms with Gasteiger partial charge in [-0.15, -0.1) is 11.3 Å². The summed E-state index contributed by atoms with van der Waals surface area (Å²) in [4.78, 5) is 24.9. The number of hydrogen-bond donors (Lipinski definition) is 1. The molecule has 0 aliphatic rings. The van der Waals surface area contributed by atoms with Crippen molar-refractivity contribution in [2.45, 2.75) is 26.9 Å². The summed E-state index contributed by atoms with van der Waals surface area (Å²) >= 11 is 1.54. The molecule has 0 spiro atoms. The quantitative estimate of drug-likeness (QED) is 0.599. The maximum absolute atomic E-state index is 12.1. The van der Waals surface area contributed by atoms with Crippen molar-refractivity contribution >= 4 is 35.0 Å². The molecule has 1 aromatic heterocycles. The first-order chi connectivity index (χ1) is 12.0. The highest BCUT2D eigenvalue weighted by Crippen LogP contribution is 2.18. The van der Waals surface area contributed by atoms with Crippen LogP contribution in [0.4, 0.5) is 5.69 Å². The molecule has 2 rings (SSSR count). The summed E-state index contributed by atoms with van der Waals surface area (Å²) in [5, 5.41) is 4.65. The molecular weight excluding hydrogens is 338 g/mol. The molecule has 0 unspecified atom stereocenters. The van der Waals surface area contributed by atoms with Crippen LogP contribution in [0.3, 0.4) is 0 Å². The van der Waals surface area contributed by atoms with Gasteiger partial charge in [0.05, 0.1) is 6.61 Å². The molecule has 132 valence electrons. The van der Waals surface area contributed by atoms with Gasteiger partial charge in [0, 0.05) is 16.6 Å². The second-order valence-electron chi connectivity index (χ2n) is 5.33. The molecule has 0 aliphatic carbocycles. The Labute approximate surface area is 151 Å². The van der Waals surface area contributed by atoms with E-state index in [4.69, 9.17) is 9.47 Å². The van der Waals surface area contributed by atoms with Gasteiger partial charge >= 0.3 is 5.97 Å². The van der Waals surface area contributed by atoms with Crippen molar-refractivity contribution in [3.63, 3.8) is 0 Å². The number of nitrogens with one attached hydrogen (secondary N) is 1. The highest BCUT2D eigenvalue weighted by molar-refractivity contribution is 7.11. The zero-order valence-electron chi connectivity index (χ0n) is 14.4. The van der Waals surface area contributed by atoms with E-state index in [1.807, 2.05) is 25.3 Å². The van der Waals surface area contributed by atoms with Crippen molar-refractivity contribution in [1.82, 2.24) is 0 Å². The lowest BCUT2D eigenvalue weighted by Crippen LogP contribution is -2.29.